The van der Waals surface area contributed by atoms with E-state index in [0.717, 1.165) is 21.0 Å². The third kappa shape index (κ3) is 5.64. The van der Waals surface area contributed by atoms with E-state index in [1.807, 2.05) is 44.2 Å². The van der Waals surface area contributed by atoms with Crippen LogP contribution in [-0.4, -0.2) is 41.9 Å². The monoisotopic (exact) mass is 478 g/mol. The minimum absolute atomic E-state index is 0.000520. The van der Waals surface area contributed by atoms with Gasteiger partial charge in [0.15, 0.2) is 0 Å². The predicted molar refractivity (Wildman–Crippen MR) is 123 cm³/mol. The highest BCUT2D eigenvalue weighted by molar-refractivity contribution is 7.89. The molecule has 1 amide bonds. The van der Waals surface area contributed by atoms with E-state index in [9.17, 15) is 13.2 Å². The number of sulfonamides is 1. The van der Waals surface area contributed by atoms with Crippen LogP contribution in [-0.2, 0) is 10.0 Å². The molecular weight excluding hydrogens is 456 g/mol. The van der Waals surface area contributed by atoms with Crippen molar-refractivity contribution in [3.05, 3.63) is 59.2 Å². The summed E-state index contributed by atoms with van der Waals surface area (Å²) in [5, 5.41) is 27.9. The summed E-state index contributed by atoms with van der Waals surface area (Å²) in [5.41, 5.74) is 3.10. The molecule has 0 atom stereocenters. The van der Waals surface area contributed by atoms with E-state index in [-0.39, 0.29) is 48.3 Å². The number of aryl methyl sites for hydroxylation is 2. The van der Waals surface area contributed by atoms with Gasteiger partial charge in [0.1, 0.15) is 0 Å². The Hall–Kier alpha value is -4.06. The quantitative estimate of drug-likeness (QED) is 0.491. The highest BCUT2D eigenvalue weighted by Gasteiger charge is 2.24. The van der Waals surface area contributed by atoms with E-state index in [0.29, 0.717) is 0 Å². The van der Waals surface area contributed by atoms with Crippen LogP contribution in [0, 0.1) is 36.5 Å². The Labute approximate surface area is 197 Å². The van der Waals surface area contributed by atoms with Gasteiger partial charge in [0.2, 0.25) is 15.9 Å². The number of nitrogens with one attached hydrogen (secondary N) is 1. The van der Waals surface area contributed by atoms with Crippen LogP contribution in [0.5, 0.6) is 0 Å². The summed E-state index contributed by atoms with van der Waals surface area (Å²) in [6.07, 6.45) is -0.00104. The zero-order valence-electron chi connectivity index (χ0n) is 18.6. The number of nitrogens with zero attached hydrogens (tertiary/aromatic N) is 5. The molecule has 0 bridgehead atoms. The Balaban J connectivity index is 1.72. The normalized spacial score (nSPS) is 11.1. The van der Waals surface area contributed by atoms with Crippen molar-refractivity contribution in [1.29, 1.82) is 10.5 Å². The van der Waals surface area contributed by atoms with Gasteiger partial charge in [-0.1, -0.05) is 11.2 Å². The second-order valence-electron chi connectivity index (χ2n) is 7.41. The number of carbonyl (C=O) groups is 1. The topological polar surface area (TPSA) is 153 Å². The third-order valence-corrected chi connectivity index (χ3v) is 7.01. The fourth-order valence-corrected chi connectivity index (χ4v) is 4.50. The number of amides is 1. The van der Waals surface area contributed by atoms with Crippen molar-refractivity contribution in [1.82, 2.24) is 14.5 Å². The van der Waals surface area contributed by atoms with Gasteiger partial charge >= 0.3 is 6.01 Å². The zero-order valence-corrected chi connectivity index (χ0v) is 19.5. The molecule has 0 fully saturated rings. The molecule has 174 valence electrons. The van der Waals surface area contributed by atoms with Crippen molar-refractivity contribution in [3.8, 4) is 23.6 Å². The Morgan fingerprint density at radius 2 is 1.65 bits per heavy atom. The van der Waals surface area contributed by atoms with Crippen LogP contribution >= 0.6 is 0 Å². The number of carbonyl (C=O) groups excluding carboxylic acids is 1. The summed E-state index contributed by atoms with van der Waals surface area (Å²) >= 11 is 0. The Morgan fingerprint density at radius 1 is 1.00 bits per heavy atom. The second kappa shape index (κ2) is 10.7. The molecule has 3 rings (SSSR count). The fourth-order valence-electron chi connectivity index (χ4n) is 3.06. The van der Waals surface area contributed by atoms with Gasteiger partial charge in [-0.15, -0.1) is 5.10 Å². The standard InChI is InChI=1S/C23H22N6O4S/c1-16-5-6-19(15-17(16)2)22-27-28-23(33-22)26-21(30)18-7-9-20(10-8-18)34(31,32)29(13-3-11-24)14-4-12-25/h5-10,15H,3-4,13-14H2,1-2H3,(H,26,28,30). The molecule has 1 heterocycles. The number of rotatable bonds is 9. The predicted octanol–water partition coefficient (Wildman–Crippen LogP) is 3.42. The Kier molecular flexibility index (Phi) is 7.74. The lowest BCUT2D eigenvalue weighted by atomic mass is 10.1. The molecule has 34 heavy (non-hydrogen) atoms. The van der Waals surface area contributed by atoms with Crippen molar-refractivity contribution in [2.24, 2.45) is 0 Å². The summed E-state index contributed by atoms with van der Waals surface area (Å²) < 4.78 is 32.4. The van der Waals surface area contributed by atoms with Crippen LogP contribution in [0.1, 0.15) is 34.3 Å². The molecule has 0 radical (unpaired) electrons. The van der Waals surface area contributed by atoms with E-state index in [1.54, 1.807) is 0 Å². The van der Waals surface area contributed by atoms with Crippen molar-refractivity contribution >= 4 is 21.9 Å². The van der Waals surface area contributed by atoms with Crippen LogP contribution in [0.25, 0.3) is 11.5 Å². The largest absolute Gasteiger partial charge is 0.403 e. The van der Waals surface area contributed by atoms with Crippen LogP contribution in [0.4, 0.5) is 6.01 Å². The minimum Gasteiger partial charge on any atom is -0.403 e. The summed E-state index contributed by atoms with van der Waals surface area (Å²) in [5.74, 6) is -0.292. The summed E-state index contributed by atoms with van der Waals surface area (Å²) in [6.45, 7) is 3.91. The van der Waals surface area contributed by atoms with Gasteiger partial charge in [0.25, 0.3) is 5.91 Å². The van der Waals surface area contributed by atoms with E-state index in [4.69, 9.17) is 14.9 Å². The molecule has 0 spiro atoms. The van der Waals surface area contributed by atoms with Crippen LogP contribution in [0.15, 0.2) is 51.8 Å². The van der Waals surface area contributed by atoms with E-state index < -0.39 is 15.9 Å². The first-order valence-corrected chi connectivity index (χ1v) is 11.8. The highest BCUT2D eigenvalue weighted by Crippen LogP contribution is 2.23. The maximum absolute atomic E-state index is 12.9. The third-order valence-electron chi connectivity index (χ3n) is 5.10. The molecule has 0 saturated heterocycles. The molecule has 11 heteroatoms. The summed E-state index contributed by atoms with van der Waals surface area (Å²) in [4.78, 5) is 12.5. The zero-order chi connectivity index (χ0) is 24.7. The SMILES string of the molecule is Cc1ccc(-c2nnc(NC(=O)c3ccc(S(=O)(=O)N(CCC#N)CCC#N)cc3)o2)cc1C. The molecule has 2 aromatic carbocycles. The molecule has 10 nitrogen and oxygen atoms in total. The Bertz CT molecular complexity index is 1350. The van der Waals surface area contributed by atoms with Gasteiger partial charge in [-0.3, -0.25) is 10.1 Å². The number of benzene rings is 2. The maximum Gasteiger partial charge on any atom is 0.322 e. The first-order valence-electron chi connectivity index (χ1n) is 10.3. The molecule has 1 aromatic heterocycles. The minimum atomic E-state index is -3.92. The smallest absolute Gasteiger partial charge is 0.322 e. The first kappa shape index (κ1) is 24.6. The van der Waals surface area contributed by atoms with Crippen molar-refractivity contribution in [2.45, 2.75) is 31.6 Å². The van der Waals surface area contributed by atoms with Crippen molar-refractivity contribution < 1.29 is 17.6 Å². The maximum atomic E-state index is 12.9. The van der Waals surface area contributed by atoms with Crippen LogP contribution in [0.3, 0.4) is 0 Å². The lowest BCUT2D eigenvalue weighted by Crippen LogP contribution is -2.32. The summed E-state index contributed by atoms with van der Waals surface area (Å²) in [7, 11) is -3.92. The first-order chi connectivity index (χ1) is 16.3. The number of anilines is 1. The molecule has 0 aliphatic rings. The average molecular weight is 479 g/mol. The summed E-state index contributed by atoms with van der Waals surface area (Å²) in [6, 6.07) is 14.7. The highest BCUT2D eigenvalue weighted by atomic mass is 32.2. The van der Waals surface area contributed by atoms with Gasteiger partial charge in [-0.05, 0) is 61.4 Å². The van der Waals surface area contributed by atoms with Crippen molar-refractivity contribution in [2.75, 3.05) is 18.4 Å². The van der Waals surface area contributed by atoms with Gasteiger partial charge in [-0.2, -0.15) is 14.8 Å². The van der Waals surface area contributed by atoms with E-state index in [1.165, 1.54) is 24.3 Å². The number of aromatic nitrogens is 2. The number of hydrogen-bond donors (Lipinski definition) is 1. The molecular formula is C23H22N6O4S. The molecule has 0 saturated carbocycles. The van der Waals surface area contributed by atoms with E-state index >= 15 is 0 Å². The second-order valence-corrected chi connectivity index (χ2v) is 9.35. The molecule has 0 aliphatic carbocycles. The van der Waals surface area contributed by atoms with Gasteiger partial charge in [-0.25, -0.2) is 8.42 Å². The molecule has 0 unspecified atom stereocenters. The van der Waals surface area contributed by atoms with Crippen LogP contribution in [0.2, 0.25) is 0 Å². The lowest BCUT2D eigenvalue weighted by molar-refractivity contribution is 0.102. The lowest BCUT2D eigenvalue weighted by Gasteiger charge is -2.20. The number of hydrogen-bond acceptors (Lipinski definition) is 8. The Morgan fingerprint density at radius 3 is 2.24 bits per heavy atom. The van der Waals surface area contributed by atoms with Gasteiger partial charge in [0.05, 0.1) is 17.0 Å². The molecule has 1 N–H and O–H groups in total. The molecule has 3 aromatic rings. The average Bonchev–Trinajstić information content (AvgIpc) is 3.29. The van der Waals surface area contributed by atoms with E-state index in [2.05, 4.69) is 15.5 Å². The van der Waals surface area contributed by atoms with Crippen molar-refractivity contribution in [3.63, 3.8) is 0 Å². The van der Waals surface area contributed by atoms with Crippen LogP contribution < -0.4 is 5.32 Å². The number of nitriles is 2. The van der Waals surface area contributed by atoms with Gasteiger partial charge < -0.3 is 4.42 Å². The van der Waals surface area contributed by atoms with Gasteiger partial charge in [0, 0.05) is 37.1 Å². The molecule has 0 aliphatic heterocycles. The fraction of sp³-hybridized carbons (Fsp3) is 0.261.